The average molecular weight is 1200 g/mol. The van der Waals surface area contributed by atoms with Crippen molar-refractivity contribution in [3.63, 3.8) is 0 Å². The van der Waals surface area contributed by atoms with Crippen molar-refractivity contribution in [2.75, 3.05) is 152 Å². The molecule has 7 heterocycles. The van der Waals surface area contributed by atoms with Crippen molar-refractivity contribution in [1.82, 2.24) is 58.2 Å². The molecule has 10 rings (SSSR count). The lowest BCUT2D eigenvalue weighted by Gasteiger charge is -2.28. The number of halogens is 1. The minimum atomic E-state index is -0.123. The summed E-state index contributed by atoms with van der Waals surface area (Å²) in [6.07, 6.45) is 15.8. The number of aryl methyl sites for hydroxylation is 5. The van der Waals surface area contributed by atoms with Crippen LogP contribution in [0.15, 0.2) is 54.6 Å². The van der Waals surface area contributed by atoms with Gasteiger partial charge < -0.3 is 43.9 Å². The van der Waals surface area contributed by atoms with Crippen molar-refractivity contribution in [2.45, 2.75) is 92.9 Å². The van der Waals surface area contributed by atoms with E-state index in [0.29, 0.717) is 36.7 Å². The molecule has 5 aliphatic rings. The van der Waals surface area contributed by atoms with E-state index in [-0.39, 0.29) is 17.7 Å². The van der Waals surface area contributed by atoms with Gasteiger partial charge in [-0.3, -0.25) is 14.4 Å². The topological polar surface area (TPSA) is 164 Å². The molecule has 450 valence electrons. The van der Waals surface area contributed by atoms with E-state index in [4.69, 9.17) is 16.3 Å². The predicted octanol–water partition coefficient (Wildman–Crippen LogP) is 10.1. The number of likely N-dealkylation sites (tertiary alicyclic amines) is 2. The van der Waals surface area contributed by atoms with Crippen LogP contribution in [0.1, 0.15) is 116 Å². The Hall–Kier alpha value is -4.68. The summed E-state index contributed by atoms with van der Waals surface area (Å²) in [6, 6.07) is 13.3. The standard InChI is InChI=1S/C12H12ClN3OS.C12H13N3OS.C7H12.C6H9N3OS.C6H14N2.C6H13N.C5H11NO.C5H11N/c1-7-4-5-9(6-10(7)13)16(3)12(17)11-8(2)14-15-18-11;1-8-4-6-10(7-5-8)15(3)12(16)11-9(2)13-14-17-11;1-7-5-3-2-4-6-7;1-4-5(11-8-7-4)6(10)9(2)3;1-7-3-5-8(2)6-4-7;1-7-5-3-2-4-6-7;1-6-2-4-7-5-3-6;1-6-4-2-3-5-6/h4-6H,1-3H3;4-7H,1-3H3;3,5,7H,2,4,6H2,1H3;1-3H3;3-6H2,1-2H3;2-6H2,1H3;2-5H2,1H3;2-5H2,1H3. The molecule has 5 aromatic rings. The fourth-order valence-electron chi connectivity index (χ4n) is 8.06. The Labute approximate surface area is 502 Å². The number of ether oxygens (including phenoxy) is 1. The van der Waals surface area contributed by atoms with Crippen molar-refractivity contribution in [1.29, 1.82) is 0 Å². The van der Waals surface area contributed by atoms with Gasteiger partial charge in [0.15, 0.2) is 0 Å². The number of allylic oxidation sites excluding steroid dienone is 2. The van der Waals surface area contributed by atoms with Crippen molar-refractivity contribution >= 4 is 75.3 Å². The van der Waals surface area contributed by atoms with Gasteiger partial charge in [0.1, 0.15) is 14.6 Å². The first-order chi connectivity index (χ1) is 38.6. The number of hydrogen-bond acceptors (Lipinski definition) is 18. The van der Waals surface area contributed by atoms with Crippen LogP contribution >= 0.6 is 46.2 Å². The van der Waals surface area contributed by atoms with Crippen LogP contribution in [0.4, 0.5) is 11.4 Å². The maximum Gasteiger partial charge on any atom is 0.271 e. The number of rotatable bonds is 5. The molecule has 2 aromatic carbocycles. The molecule has 1 aliphatic carbocycles. The number of likely N-dealkylation sites (N-methyl/N-ethyl adjacent to an activating group) is 3. The predicted molar refractivity (Wildman–Crippen MR) is 338 cm³/mol. The van der Waals surface area contributed by atoms with Gasteiger partial charge in [0.2, 0.25) is 0 Å². The monoisotopic (exact) mass is 1190 g/mol. The summed E-state index contributed by atoms with van der Waals surface area (Å²) < 4.78 is 16.3. The summed E-state index contributed by atoms with van der Waals surface area (Å²) in [6.45, 7) is 25.8. The first-order valence-corrected chi connectivity index (χ1v) is 30.9. The van der Waals surface area contributed by atoms with E-state index in [2.05, 4.69) is 108 Å². The maximum absolute atomic E-state index is 12.2. The molecule has 4 saturated heterocycles. The van der Waals surface area contributed by atoms with Crippen LogP contribution in [0.25, 0.3) is 0 Å². The molecule has 22 heteroatoms. The zero-order valence-corrected chi connectivity index (χ0v) is 54.6. The molecule has 3 aromatic heterocycles. The fourth-order valence-corrected chi connectivity index (χ4v) is 10.2. The molecule has 1 atom stereocenters. The number of anilines is 2. The Bertz CT molecular complexity index is 2540. The molecule has 0 bridgehead atoms. The van der Waals surface area contributed by atoms with Gasteiger partial charge in [-0.2, -0.15) is 0 Å². The summed E-state index contributed by atoms with van der Waals surface area (Å²) >= 11 is 9.43. The number of carbonyl (C=O) groups excluding carboxylic acids is 3. The number of aromatic nitrogens is 6. The second-order valence-electron chi connectivity index (χ2n) is 21.5. The lowest BCUT2D eigenvalue weighted by molar-refractivity contribution is 0.0503. The molecule has 81 heavy (non-hydrogen) atoms. The smallest absolute Gasteiger partial charge is 0.271 e. The summed E-state index contributed by atoms with van der Waals surface area (Å²) in [5.41, 5.74) is 5.81. The normalized spacial score (nSPS) is 17.3. The van der Waals surface area contributed by atoms with Crippen LogP contribution in [0.2, 0.25) is 5.02 Å². The molecule has 18 nitrogen and oxygen atoms in total. The molecule has 4 aliphatic heterocycles. The van der Waals surface area contributed by atoms with Gasteiger partial charge in [-0.15, -0.1) is 15.3 Å². The summed E-state index contributed by atoms with van der Waals surface area (Å²) in [7, 11) is 17.7. The van der Waals surface area contributed by atoms with E-state index >= 15 is 0 Å². The van der Waals surface area contributed by atoms with Gasteiger partial charge in [-0.05, 0) is 211 Å². The van der Waals surface area contributed by atoms with E-state index in [1.807, 2.05) is 50.2 Å². The van der Waals surface area contributed by atoms with E-state index in [1.54, 1.807) is 64.8 Å². The van der Waals surface area contributed by atoms with Crippen LogP contribution in [-0.2, 0) is 4.74 Å². The average Bonchev–Trinajstić information content (AvgIpc) is 4.32. The minimum Gasteiger partial charge on any atom is -0.379 e. The van der Waals surface area contributed by atoms with Gasteiger partial charge in [-0.25, -0.2) is 0 Å². The Morgan fingerprint density at radius 3 is 1.23 bits per heavy atom. The molecule has 3 amide bonds. The second-order valence-corrected chi connectivity index (χ2v) is 24.2. The molecule has 1 unspecified atom stereocenters. The lowest BCUT2D eigenvalue weighted by Crippen LogP contribution is -2.42. The molecular formula is C59H95ClN14O4S3. The summed E-state index contributed by atoms with van der Waals surface area (Å²) in [4.78, 5) is 53.9. The molecule has 0 saturated carbocycles. The molecular weight excluding hydrogens is 1100 g/mol. The third-order valence-electron chi connectivity index (χ3n) is 13.9. The number of piperazine rings is 1. The highest BCUT2D eigenvalue weighted by Crippen LogP contribution is 2.25. The van der Waals surface area contributed by atoms with E-state index in [9.17, 15) is 14.4 Å². The SMILES string of the molecule is CC1C=CCCC1.CN1CCCC1.CN1CCCCC1.CN1CCN(C)CC1.CN1CCOCC1.Cc1ccc(N(C)C(=O)c2snnc2C)cc1.Cc1ccc(N(C)C(=O)c2snnc2C)cc1Cl.Cc1nnsc1C(=O)N(C)C. The highest BCUT2D eigenvalue weighted by Gasteiger charge is 2.21. The van der Waals surface area contributed by atoms with Crippen molar-refractivity contribution in [3.05, 3.63) is 102 Å². The van der Waals surface area contributed by atoms with Crippen LogP contribution in [0.5, 0.6) is 0 Å². The zero-order valence-electron chi connectivity index (χ0n) is 51.4. The maximum atomic E-state index is 12.2. The van der Waals surface area contributed by atoms with Crippen LogP contribution in [-0.4, -0.2) is 218 Å². The lowest BCUT2D eigenvalue weighted by atomic mass is 9.98. The fraction of sp³-hybridized carbons (Fsp3) is 0.610. The molecule has 0 spiro atoms. The highest BCUT2D eigenvalue weighted by atomic mass is 35.5. The highest BCUT2D eigenvalue weighted by molar-refractivity contribution is 7.08. The summed E-state index contributed by atoms with van der Waals surface area (Å²) in [5.74, 6) is 0.634. The minimum absolute atomic E-state index is 0.0301. The van der Waals surface area contributed by atoms with Crippen molar-refractivity contribution in [2.24, 2.45) is 5.92 Å². The molecule has 4 fully saturated rings. The van der Waals surface area contributed by atoms with Gasteiger partial charge in [0, 0.05) is 83.9 Å². The first-order valence-electron chi connectivity index (χ1n) is 28.2. The Morgan fingerprint density at radius 1 is 0.531 bits per heavy atom. The van der Waals surface area contributed by atoms with Gasteiger partial charge in [0.05, 0.1) is 30.3 Å². The quantitative estimate of drug-likeness (QED) is 0.153. The Morgan fingerprint density at radius 2 is 0.926 bits per heavy atom. The Balaban J connectivity index is 0.000000252. The second kappa shape index (κ2) is 39.0. The number of benzene rings is 2. The van der Waals surface area contributed by atoms with Crippen molar-refractivity contribution < 1.29 is 19.1 Å². The molecule has 0 N–H and O–H groups in total. The van der Waals surface area contributed by atoms with Crippen LogP contribution in [0.3, 0.4) is 0 Å². The first kappa shape index (κ1) is 70.6. The number of morpholine rings is 1. The van der Waals surface area contributed by atoms with E-state index in [0.717, 1.165) is 83.8 Å². The van der Waals surface area contributed by atoms with Crippen molar-refractivity contribution in [3.8, 4) is 0 Å². The zero-order chi connectivity index (χ0) is 59.9. The number of hydrogen-bond donors (Lipinski definition) is 0. The third kappa shape index (κ3) is 27.5. The van der Waals surface area contributed by atoms with Gasteiger partial charge in [0.25, 0.3) is 17.7 Å². The number of amides is 3. The number of nitrogens with zero attached hydrogens (tertiary/aromatic N) is 14. The summed E-state index contributed by atoms with van der Waals surface area (Å²) in [5, 5.41) is 12.1. The van der Waals surface area contributed by atoms with E-state index < -0.39 is 0 Å². The van der Waals surface area contributed by atoms with Crippen LogP contribution in [0, 0.1) is 40.5 Å². The number of carbonyl (C=O) groups is 3. The largest absolute Gasteiger partial charge is 0.379 e. The number of piperidine rings is 1. The third-order valence-corrected chi connectivity index (χ3v) is 16.7. The molecule has 0 radical (unpaired) electrons. The van der Waals surface area contributed by atoms with E-state index in [1.165, 1.54) is 114 Å². The Kier molecular flexibility index (Phi) is 34.0. The van der Waals surface area contributed by atoms with Gasteiger partial charge in [-0.1, -0.05) is 74.3 Å². The van der Waals surface area contributed by atoms with Gasteiger partial charge >= 0.3 is 0 Å². The van der Waals surface area contributed by atoms with Crippen LogP contribution < -0.4 is 9.80 Å².